The predicted octanol–water partition coefficient (Wildman–Crippen LogP) is 0.245. The maximum absolute atomic E-state index is 11.1. The fraction of sp³-hybridized carbons (Fsp3) is 0.300. The van der Waals surface area contributed by atoms with Crippen molar-refractivity contribution in [2.24, 2.45) is 0 Å². The van der Waals surface area contributed by atoms with Gasteiger partial charge in [-0.05, 0) is 6.07 Å². The Balaban J connectivity index is 2.42. The van der Waals surface area contributed by atoms with Gasteiger partial charge in [-0.2, -0.15) is 0 Å². The van der Waals surface area contributed by atoms with Crippen LogP contribution in [0.2, 0.25) is 0 Å². The lowest BCUT2D eigenvalue weighted by Gasteiger charge is -2.05. The molecule has 0 amide bonds. The third-order valence-electron chi connectivity index (χ3n) is 2.49. The van der Waals surface area contributed by atoms with Gasteiger partial charge in [-0.3, -0.25) is 0 Å². The second kappa shape index (κ2) is 3.92. The molecule has 0 radical (unpaired) electrons. The summed E-state index contributed by atoms with van der Waals surface area (Å²) in [6.45, 7) is 0.345. The number of aromatic nitrogens is 2. The molecule has 2 rings (SSSR count). The van der Waals surface area contributed by atoms with Gasteiger partial charge in [0, 0.05) is 36.1 Å². The van der Waals surface area contributed by atoms with E-state index in [4.69, 9.17) is 11.5 Å². The Morgan fingerprint density at radius 3 is 2.76 bits per heavy atom. The Hall–Kier alpha value is -1.76. The average molecular weight is 254 g/mol. The van der Waals surface area contributed by atoms with Gasteiger partial charge in [0.05, 0.1) is 5.75 Å². The fourth-order valence-corrected chi connectivity index (χ4v) is 2.18. The lowest BCUT2D eigenvalue weighted by molar-refractivity contribution is 0.595. The monoisotopic (exact) mass is 254 g/mol. The maximum atomic E-state index is 11.1. The van der Waals surface area contributed by atoms with Crippen LogP contribution in [0.15, 0.2) is 18.3 Å². The van der Waals surface area contributed by atoms with Crippen LogP contribution in [0.5, 0.6) is 0 Å². The number of rotatable bonds is 3. The highest BCUT2D eigenvalue weighted by molar-refractivity contribution is 7.90. The number of aryl methyl sites for hydroxylation is 1. The number of anilines is 2. The van der Waals surface area contributed by atoms with E-state index in [0.717, 1.165) is 5.39 Å². The number of hydrogen-bond acceptors (Lipinski definition) is 5. The van der Waals surface area contributed by atoms with Crippen molar-refractivity contribution in [1.82, 2.24) is 9.55 Å². The number of nitrogens with zero attached hydrogens (tertiary/aromatic N) is 2. The first-order chi connectivity index (χ1) is 7.87. The lowest BCUT2D eigenvalue weighted by Crippen LogP contribution is -2.11. The smallest absolute Gasteiger partial charge is 0.149 e. The van der Waals surface area contributed by atoms with Crippen LogP contribution in [0.1, 0.15) is 0 Å². The van der Waals surface area contributed by atoms with E-state index in [1.165, 1.54) is 6.26 Å². The summed E-state index contributed by atoms with van der Waals surface area (Å²) in [7, 11) is -3.00. The van der Waals surface area contributed by atoms with Gasteiger partial charge < -0.3 is 16.0 Å². The molecule has 0 unspecified atom stereocenters. The minimum Gasteiger partial charge on any atom is -0.398 e. The molecule has 0 aliphatic rings. The molecule has 2 aromatic heterocycles. The number of hydrogen-bond donors (Lipinski definition) is 2. The molecule has 0 saturated carbocycles. The average Bonchev–Trinajstić information content (AvgIpc) is 2.57. The van der Waals surface area contributed by atoms with Gasteiger partial charge in [0.1, 0.15) is 21.3 Å². The van der Waals surface area contributed by atoms with Crippen LogP contribution in [0.3, 0.4) is 0 Å². The highest BCUT2D eigenvalue weighted by Crippen LogP contribution is 2.22. The normalized spacial score (nSPS) is 12.1. The molecule has 0 aliphatic carbocycles. The van der Waals surface area contributed by atoms with Crippen molar-refractivity contribution in [3.63, 3.8) is 0 Å². The molecular formula is C10H14N4O2S. The molecule has 0 fully saturated rings. The summed E-state index contributed by atoms with van der Waals surface area (Å²) in [6.07, 6.45) is 2.97. The van der Waals surface area contributed by atoms with E-state index in [1.807, 2.05) is 0 Å². The molecule has 6 nitrogen and oxygen atoms in total. The molecular weight excluding hydrogens is 240 g/mol. The Morgan fingerprint density at radius 2 is 2.12 bits per heavy atom. The highest BCUT2D eigenvalue weighted by atomic mass is 32.2. The third-order valence-corrected chi connectivity index (χ3v) is 3.41. The van der Waals surface area contributed by atoms with Crippen molar-refractivity contribution < 1.29 is 8.42 Å². The van der Waals surface area contributed by atoms with Crippen molar-refractivity contribution in [2.45, 2.75) is 6.54 Å². The third kappa shape index (κ3) is 2.50. The van der Waals surface area contributed by atoms with Crippen LogP contribution >= 0.6 is 0 Å². The van der Waals surface area contributed by atoms with Gasteiger partial charge in [-0.1, -0.05) is 0 Å². The standard InChI is InChI=1S/C10H14N4O2S/c1-17(15,16)5-4-14-3-2-7-8(11)6-9(12)13-10(7)14/h2-3,6H,4-5H2,1H3,(H4,11,12,13). The topological polar surface area (TPSA) is 104 Å². The van der Waals surface area contributed by atoms with E-state index in [1.54, 1.807) is 22.9 Å². The molecule has 0 spiro atoms. The van der Waals surface area contributed by atoms with E-state index in [9.17, 15) is 8.42 Å². The molecule has 4 N–H and O–H groups in total. The lowest BCUT2D eigenvalue weighted by atomic mass is 10.3. The number of nitrogens with two attached hydrogens (primary N) is 2. The first kappa shape index (κ1) is 11.7. The molecule has 0 aromatic carbocycles. The van der Waals surface area contributed by atoms with Crippen LogP contribution in [-0.2, 0) is 16.4 Å². The van der Waals surface area contributed by atoms with Gasteiger partial charge in [0.15, 0.2) is 0 Å². The van der Waals surface area contributed by atoms with E-state index in [-0.39, 0.29) is 5.75 Å². The van der Waals surface area contributed by atoms with Gasteiger partial charge >= 0.3 is 0 Å². The molecule has 2 heterocycles. The summed E-state index contributed by atoms with van der Waals surface area (Å²) < 4.78 is 24.0. The van der Waals surface area contributed by atoms with Crippen molar-refractivity contribution >= 4 is 32.4 Å². The predicted molar refractivity (Wildman–Crippen MR) is 68.3 cm³/mol. The molecule has 7 heteroatoms. The zero-order valence-electron chi connectivity index (χ0n) is 9.42. The highest BCUT2D eigenvalue weighted by Gasteiger charge is 2.09. The summed E-state index contributed by atoms with van der Waals surface area (Å²) in [5.41, 5.74) is 12.6. The number of nitrogen functional groups attached to an aromatic ring is 2. The molecule has 0 atom stereocenters. The summed E-state index contributed by atoms with van der Waals surface area (Å²) in [6, 6.07) is 3.39. The molecule has 0 bridgehead atoms. The largest absolute Gasteiger partial charge is 0.398 e. The Labute approximate surface area is 99.2 Å². The second-order valence-corrected chi connectivity index (χ2v) is 6.27. The summed E-state index contributed by atoms with van der Waals surface area (Å²) in [5, 5.41) is 0.785. The van der Waals surface area contributed by atoms with Crippen molar-refractivity contribution in [3.05, 3.63) is 18.3 Å². The Bertz CT molecular complexity index is 660. The minimum atomic E-state index is -3.00. The van der Waals surface area contributed by atoms with Gasteiger partial charge in [-0.25, -0.2) is 13.4 Å². The molecule has 17 heavy (non-hydrogen) atoms. The van der Waals surface area contributed by atoms with Crippen LogP contribution in [0, 0.1) is 0 Å². The second-order valence-electron chi connectivity index (χ2n) is 4.01. The van der Waals surface area contributed by atoms with Crippen LogP contribution in [-0.4, -0.2) is 30.0 Å². The zero-order chi connectivity index (χ0) is 12.6. The van der Waals surface area contributed by atoms with Crippen molar-refractivity contribution in [2.75, 3.05) is 23.5 Å². The van der Waals surface area contributed by atoms with E-state index in [0.29, 0.717) is 23.7 Å². The molecule has 2 aromatic rings. The molecule has 0 aliphatic heterocycles. The van der Waals surface area contributed by atoms with E-state index < -0.39 is 9.84 Å². The number of fused-ring (bicyclic) bond motifs is 1. The van der Waals surface area contributed by atoms with Crippen LogP contribution in [0.4, 0.5) is 11.5 Å². The minimum absolute atomic E-state index is 0.0627. The number of pyridine rings is 1. The van der Waals surface area contributed by atoms with Crippen molar-refractivity contribution in [1.29, 1.82) is 0 Å². The molecule has 92 valence electrons. The Kier molecular flexibility index (Phi) is 2.70. The van der Waals surface area contributed by atoms with Gasteiger partial charge in [0.2, 0.25) is 0 Å². The van der Waals surface area contributed by atoms with Gasteiger partial charge in [-0.15, -0.1) is 0 Å². The summed E-state index contributed by atoms with van der Waals surface area (Å²) in [5.74, 6) is 0.391. The van der Waals surface area contributed by atoms with Crippen LogP contribution in [0.25, 0.3) is 11.0 Å². The first-order valence-electron chi connectivity index (χ1n) is 5.05. The first-order valence-corrected chi connectivity index (χ1v) is 7.11. The SMILES string of the molecule is CS(=O)(=O)CCn1ccc2c(N)cc(N)nc21. The van der Waals surface area contributed by atoms with Crippen molar-refractivity contribution in [3.8, 4) is 0 Å². The molecule has 0 saturated heterocycles. The van der Waals surface area contributed by atoms with Gasteiger partial charge in [0.25, 0.3) is 0 Å². The van der Waals surface area contributed by atoms with E-state index in [2.05, 4.69) is 4.98 Å². The van der Waals surface area contributed by atoms with Crippen LogP contribution < -0.4 is 11.5 Å². The quantitative estimate of drug-likeness (QED) is 0.816. The summed E-state index contributed by atoms with van der Waals surface area (Å²) >= 11 is 0. The fourth-order valence-electron chi connectivity index (χ4n) is 1.65. The zero-order valence-corrected chi connectivity index (χ0v) is 10.2. The Morgan fingerprint density at radius 1 is 1.41 bits per heavy atom. The maximum Gasteiger partial charge on any atom is 0.149 e. The number of sulfone groups is 1. The summed E-state index contributed by atoms with van der Waals surface area (Å²) in [4.78, 5) is 4.16. The van der Waals surface area contributed by atoms with E-state index >= 15 is 0 Å².